The van der Waals surface area contributed by atoms with Crippen LogP contribution in [0.5, 0.6) is 5.75 Å². The first-order chi connectivity index (χ1) is 14.0. The summed E-state index contributed by atoms with van der Waals surface area (Å²) in [6, 6.07) is 15.4. The number of rotatable bonds is 7. The van der Waals surface area contributed by atoms with Crippen LogP contribution in [-0.2, 0) is 6.61 Å². The Hall–Kier alpha value is -4.14. The van der Waals surface area contributed by atoms with Gasteiger partial charge in [-0.3, -0.25) is 19.7 Å². The zero-order valence-corrected chi connectivity index (χ0v) is 15.4. The molecule has 2 aromatic carbocycles. The van der Waals surface area contributed by atoms with Gasteiger partial charge in [-0.15, -0.1) is 0 Å². The molecule has 1 aromatic heterocycles. The average Bonchev–Trinajstić information content (AvgIpc) is 2.73. The number of pyridine rings is 1. The Morgan fingerprint density at radius 1 is 1.14 bits per heavy atom. The molecule has 0 aliphatic heterocycles. The number of hydrogen-bond donors (Lipinski definition) is 1. The number of methoxy groups -OCH3 is 1. The van der Waals surface area contributed by atoms with Crippen LogP contribution in [0.15, 0.2) is 71.7 Å². The van der Waals surface area contributed by atoms with E-state index in [-0.39, 0.29) is 17.9 Å². The Bertz CT molecular complexity index is 1090. The van der Waals surface area contributed by atoms with Gasteiger partial charge < -0.3 is 14.9 Å². The summed E-state index contributed by atoms with van der Waals surface area (Å²) in [5.74, 6) is 0.0119. The minimum absolute atomic E-state index is 0.101. The second kappa shape index (κ2) is 8.70. The van der Waals surface area contributed by atoms with Crippen LogP contribution in [0.1, 0.15) is 15.9 Å². The molecule has 1 N–H and O–H groups in total. The molecule has 0 fully saturated rings. The van der Waals surface area contributed by atoms with E-state index < -0.39 is 16.4 Å². The van der Waals surface area contributed by atoms with Gasteiger partial charge in [-0.1, -0.05) is 12.1 Å². The number of nitro groups is 1. The van der Waals surface area contributed by atoms with E-state index in [1.807, 2.05) is 6.07 Å². The summed E-state index contributed by atoms with van der Waals surface area (Å²) in [7, 11) is 1.55. The lowest BCUT2D eigenvalue weighted by Gasteiger charge is -2.11. The van der Waals surface area contributed by atoms with Crippen molar-refractivity contribution in [3.05, 3.63) is 98.5 Å². The van der Waals surface area contributed by atoms with Crippen molar-refractivity contribution >= 4 is 17.3 Å². The van der Waals surface area contributed by atoms with Crippen molar-refractivity contribution in [2.24, 2.45) is 0 Å². The third-order valence-electron chi connectivity index (χ3n) is 4.00. The van der Waals surface area contributed by atoms with Gasteiger partial charge >= 0.3 is 0 Å². The van der Waals surface area contributed by atoms with Crippen molar-refractivity contribution in [3.8, 4) is 5.75 Å². The van der Waals surface area contributed by atoms with Crippen LogP contribution in [-0.4, -0.2) is 22.7 Å². The fourth-order valence-electron chi connectivity index (χ4n) is 2.52. The van der Waals surface area contributed by atoms with Crippen molar-refractivity contribution in [2.45, 2.75) is 6.61 Å². The van der Waals surface area contributed by atoms with E-state index >= 15 is 0 Å². The molecule has 0 aliphatic carbocycles. The molecule has 148 valence electrons. The second-order valence-electron chi connectivity index (χ2n) is 5.94. The van der Waals surface area contributed by atoms with Gasteiger partial charge in [0.15, 0.2) is 0 Å². The Morgan fingerprint density at radius 3 is 2.59 bits per heavy atom. The van der Waals surface area contributed by atoms with Crippen molar-refractivity contribution in [2.75, 3.05) is 12.4 Å². The Kier molecular flexibility index (Phi) is 5.88. The summed E-state index contributed by atoms with van der Waals surface area (Å²) in [4.78, 5) is 40.6. The highest BCUT2D eigenvalue weighted by Crippen LogP contribution is 2.16. The number of ether oxygens (including phenoxy) is 1. The minimum Gasteiger partial charge on any atom is -0.497 e. The first kappa shape index (κ1) is 19.6. The van der Waals surface area contributed by atoms with E-state index in [1.54, 1.807) is 25.3 Å². The van der Waals surface area contributed by atoms with Crippen LogP contribution in [0.3, 0.4) is 0 Å². The van der Waals surface area contributed by atoms with Crippen molar-refractivity contribution in [1.82, 2.24) is 4.73 Å². The first-order valence-electron chi connectivity index (χ1n) is 8.51. The number of non-ortho nitro benzene ring substituents is 1. The maximum absolute atomic E-state index is 12.6. The van der Waals surface area contributed by atoms with Crippen LogP contribution >= 0.6 is 0 Å². The normalized spacial score (nSPS) is 10.2. The predicted molar refractivity (Wildman–Crippen MR) is 105 cm³/mol. The standard InChI is InChI=1S/C20H17N3O6/c1-28-17-5-2-4-14(12-17)13-29-22-11-3-6-18(20(22)25)19(24)21-15-7-9-16(10-8-15)23(26)27/h2-12H,13H2,1H3,(H,21,24). The van der Waals surface area contributed by atoms with E-state index in [1.165, 1.54) is 42.6 Å². The van der Waals surface area contributed by atoms with Gasteiger partial charge in [0.25, 0.3) is 17.2 Å². The molecule has 9 heteroatoms. The lowest BCUT2D eigenvalue weighted by Crippen LogP contribution is -2.32. The number of carbonyl (C=O) groups excluding carboxylic acids is 1. The van der Waals surface area contributed by atoms with Crippen molar-refractivity contribution in [1.29, 1.82) is 0 Å². The van der Waals surface area contributed by atoms with Gasteiger partial charge in [-0.05, 0) is 42.0 Å². The van der Waals surface area contributed by atoms with E-state index in [9.17, 15) is 19.7 Å². The molecule has 1 heterocycles. The second-order valence-corrected chi connectivity index (χ2v) is 5.94. The van der Waals surface area contributed by atoms with Gasteiger partial charge in [0.1, 0.15) is 17.9 Å². The Labute approximate surface area is 165 Å². The van der Waals surface area contributed by atoms with Crippen LogP contribution in [0.25, 0.3) is 0 Å². The molecule has 29 heavy (non-hydrogen) atoms. The number of hydrogen-bond acceptors (Lipinski definition) is 6. The molecule has 0 saturated carbocycles. The largest absolute Gasteiger partial charge is 0.497 e. The smallest absolute Gasteiger partial charge is 0.295 e. The van der Waals surface area contributed by atoms with E-state index in [0.717, 1.165) is 10.3 Å². The molecule has 0 saturated heterocycles. The van der Waals surface area contributed by atoms with Crippen molar-refractivity contribution in [3.63, 3.8) is 0 Å². The molecule has 0 radical (unpaired) electrons. The molecule has 0 atom stereocenters. The lowest BCUT2D eigenvalue weighted by atomic mass is 10.2. The van der Waals surface area contributed by atoms with E-state index in [0.29, 0.717) is 11.4 Å². The lowest BCUT2D eigenvalue weighted by molar-refractivity contribution is -0.384. The molecule has 9 nitrogen and oxygen atoms in total. The van der Waals surface area contributed by atoms with Gasteiger partial charge in [0, 0.05) is 24.0 Å². The molecule has 1 amide bonds. The number of nitrogens with zero attached hydrogens (tertiary/aromatic N) is 2. The number of anilines is 1. The molecule has 3 rings (SSSR count). The molecular weight excluding hydrogens is 378 g/mol. The molecule has 0 unspecified atom stereocenters. The van der Waals surface area contributed by atoms with Crippen LogP contribution in [0.2, 0.25) is 0 Å². The van der Waals surface area contributed by atoms with Gasteiger partial charge in [0.05, 0.1) is 12.0 Å². The number of carbonyl (C=O) groups is 1. The van der Waals surface area contributed by atoms with Crippen LogP contribution in [0.4, 0.5) is 11.4 Å². The molecule has 0 spiro atoms. The first-order valence-corrected chi connectivity index (χ1v) is 8.51. The summed E-state index contributed by atoms with van der Waals surface area (Å²) in [5.41, 5.74) is 0.256. The molecular formula is C20H17N3O6. The zero-order chi connectivity index (χ0) is 20.8. The summed E-state index contributed by atoms with van der Waals surface area (Å²) in [6.45, 7) is 0.102. The SMILES string of the molecule is COc1cccc(COn2cccc(C(=O)Nc3ccc([N+](=O)[O-])cc3)c2=O)c1. The number of benzene rings is 2. The van der Waals surface area contributed by atoms with Crippen LogP contribution in [0, 0.1) is 10.1 Å². The summed E-state index contributed by atoms with van der Waals surface area (Å²) in [6.07, 6.45) is 1.41. The van der Waals surface area contributed by atoms with Gasteiger partial charge in [-0.25, -0.2) is 0 Å². The third kappa shape index (κ3) is 4.78. The monoisotopic (exact) mass is 395 g/mol. The van der Waals surface area contributed by atoms with E-state index in [4.69, 9.17) is 9.57 Å². The number of nitrogens with one attached hydrogen (secondary N) is 1. The highest BCUT2D eigenvalue weighted by Gasteiger charge is 2.14. The topological polar surface area (TPSA) is 113 Å². The molecule has 0 bridgehead atoms. The quantitative estimate of drug-likeness (QED) is 0.486. The zero-order valence-electron chi connectivity index (χ0n) is 15.4. The highest BCUT2D eigenvalue weighted by molar-refractivity contribution is 6.04. The molecule has 3 aromatic rings. The predicted octanol–water partition coefficient (Wildman–Crippen LogP) is 2.65. The summed E-state index contributed by atoms with van der Waals surface area (Å²) in [5, 5.41) is 13.2. The Morgan fingerprint density at radius 2 is 1.90 bits per heavy atom. The maximum Gasteiger partial charge on any atom is 0.295 e. The molecule has 0 aliphatic rings. The summed E-state index contributed by atoms with van der Waals surface area (Å²) < 4.78 is 6.12. The van der Waals surface area contributed by atoms with Gasteiger partial charge in [0.2, 0.25) is 0 Å². The number of nitro benzene ring substituents is 1. The highest BCUT2D eigenvalue weighted by atomic mass is 16.7. The number of amides is 1. The fraction of sp³-hybridized carbons (Fsp3) is 0.100. The maximum atomic E-state index is 12.6. The average molecular weight is 395 g/mol. The Balaban J connectivity index is 1.72. The summed E-state index contributed by atoms with van der Waals surface area (Å²) >= 11 is 0. The van der Waals surface area contributed by atoms with Crippen LogP contribution < -0.4 is 20.5 Å². The fourth-order valence-corrected chi connectivity index (χ4v) is 2.52. The van der Waals surface area contributed by atoms with E-state index in [2.05, 4.69) is 5.32 Å². The minimum atomic E-state index is -0.650. The van der Waals surface area contributed by atoms with Gasteiger partial charge in [-0.2, -0.15) is 4.73 Å². The number of aromatic nitrogens is 1. The third-order valence-corrected chi connectivity index (χ3v) is 4.00. The van der Waals surface area contributed by atoms with Crippen molar-refractivity contribution < 1.29 is 19.3 Å².